The zero-order valence-corrected chi connectivity index (χ0v) is 20.6. The first-order valence-corrected chi connectivity index (χ1v) is 11.8. The van der Waals surface area contributed by atoms with E-state index in [0.717, 1.165) is 12.8 Å². The minimum atomic E-state index is 0. The zero-order chi connectivity index (χ0) is 15.1. The van der Waals surface area contributed by atoms with Crippen LogP contribution in [0, 0.1) is 27.0 Å². The molecule has 0 saturated heterocycles. The van der Waals surface area contributed by atoms with Gasteiger partial charge in [0.05, 0.1) is 0 Å². The van der Waals surface area contributed by atoms with Crippen LogP contribution in [0.4, 0.5) is 0 Å². The normalized spacial score (nSPS) is 12.4. The molecule has 0 aromatic carbocycles. The third-order valence-corrected chi connectivity index (χ3v) is 3.18. The van der Waals surface area contributed by atoms with Gasteiger partial charge in [0.25, 0.3) is 0 Å². The number of hydrogen-bond donors (Lipinski definition) is 0. The van der Waals surface area contributed by atoms with Crippen molar-refractivity contribution in [3.05, 3.63) is 62.5 Å². The van der Waals surface area contributed by atoms with Gasteiger partial charge in [-0.2, -0.15) is 12.2 Å². The summed E-state index contributed by atoms with van der Waals surface area (Å²) < 4.78 is 0. The predicted molar refractivity (Wildman–Crippen MR) is 116 cm³/mol. The molecule has 0 bridgehead atoms. The van der Waals surface area contributed by atoms with Crippen LogP contribution in [0.5, 0.6) is 0 Å². The number of allylic oxidation sites excluding steroid dienone is 8. The number of hydrogen-bond acceptors (Lipinski definition) is 0. The summed E-state index contributed by atoms with van der Waals surface area (Å²) in [5.74, 6) is 0. The summed E-state index contributed by atoms with van der Waals surface area (Å²) in [7, 11) is 1.86. The summed E-state index contributed by atoms with van der Waals surface area (Å²) in [4.78, 5) is 0. The van der Waals surface area contributed by atoms with Gasteiger partial charge in [-0.05, 0) is 0 Å². The molecule has 2 rings (SSSR count). The fraction of sp³-hybridized carbons (Fsp3) is 0.500. The molecule has 0 N–H and O–H groups in total. The molecule has 0 unspecified atom stereocenters. The van der Waals surface area contributed by atoms with Crippen LogP contribution in [0.15, 0.2) is 35.5 Å². The van der Waals surface area contributed by atoms with Crippen LogP contribution >= 0.6 is 24.8 Å². The van der Waals surface area contributed by atoms with Crippen molar-refractivity contribution in [2.75, 3.05) is 0 Å². The van der Waals surface area contributed by atoms with Crippen molar-refractivity contribution in [3.8, 4) is 0 Å². The topological polar surface area (TPSA) is 0 Å². The molecular weight excluding hydrogens is 387 g/mol. The molecule has 142 valence electrons. The molecule has 0 saturated carbocycles. The first kappa shape index (κ1) is 35.6. The van der Waals surface area contributed by atoms with Gasteiger partial charge in [-0.15, -0.1) is 37.7 Å². The van der Waals surface area contributed by atoms with Crippen molar-refractivity contribution in [3.63, 3.8) is 0 Å². The SMILES string of the molecule is CCCCC1=CC[C-]=C1.CCCCC1=CC[C-]=C1.Cl.Cl.[CH3-].[CH3-].[SiH2]=[Ti]. The third kappa shape index (κ3) is 20.5. The molecule has 0 atom stereocenters. The van der Waals surface area contributed by atoms with Crippen molar-refractivity contribution in [2.24, 2.45) is 0 Å². The summed E-state index contributed by atoms with van der Waals surface area (Å²) in [6.07, 6.45) is 24.9. The van der Waals surface area contributed by atoms with Crippen LogP contribution < -0.4 is 0 Å². The molecule has 0 amide bonds. The minimum absolute atomic E-state index is 0. The summed E-state index contributed by atoms with van der Waals surface area (Å²) >= 11 is 2.03. The molecule has 0 heterocycles. The van der Waals surface area contributed by atoms with E-state index in [0.29, 0.717) is 0 Å². The van der Waals surface area contributed by atoms with E-state index in [-0.39, 0.29) is 39.7 Å². The zero-order valence-electron chi connectivity index (χ0n) is 16.0. The number of rotatable bonds is 6. The second kappa shape index (κ2) is 28.3. The molecule has 0 aliphatic heterocycles. The summed E-state index contributed by atoms with van der Waals surface area (Å²) in [5.41, 5.74) is 2.97. The number of unbranched alkanes of at least 4 members (excludes halogenated alkanes) is 2. The first-order valence-electron chi connectivity index (χ1n) is 7.73. The Labute approximate surface area is 178 Å². The average Bonchev–Trinajstić information content (AvgIpc) is 3.19. The fourth-order valence-corrected chi connectivity index (χ4v) is 1.99. The monoisotopic (exact) mass is 422 g/mol. The van der Waals surface area contributed by atoms with Crippen molar-refractivity contribution >= 4 is 32.4 Å². The van der Waals surface area contributed by atoms with Gasteiger partial charge in [0.2, 0.25) is 0 Å². The Balaban J connectivity index is -0.0000000789. The second-order valence-electron chi connectivity index (χ2n) is 4.87. The Kier molecular flexibility index (Phi) is 41.9. The molecule has 2 aliphatic carbocycles. The van der Waals surface area contributed by atoms with E-state index >= 15 is 0 Å². The van der Waals surface area contributed by atoms with E-state index in [9.17, 15) is 0 Å². The number of halogens is 2. The van der Waals surface area contributed by atoms with Crippen molar-refractivity contribution in [1.82, 2.24) is 0 Å². The Bertz CT molecular complexity index is 327. The van der Waals surface area contributed by atoms with Crippen LogP contribution in [-0.2, 0) is 19.2 Å². The predicted octanol–water partition coefficient (Wildman–Crippen LogP) is 6.56. The van der Waals surface area contributed by atoms with E-state index in [1.165, 1.54) is 49.7 Å². The molecule has 0 spiro atoms. The maximum atomic E-state index is 3.16. The summed E-state index contributed by atoms with van der Waals surface area (Å²) in [6, 6.07) is 0. The Morgan fingerprint density at radius 1 is 0.833 bits per heavy atom. The van der Waals surface area contributed by atoms with E-state index in [1.807, 2.05) is 26.8 Å². The molecule has 24 heavy (non-hydrogen) atoms. The van der Waals surface area contributed by atoms with Crippen LogP contribution in [0.1, 0.15) is 65.2 Å². The van der Waals surface area contributed by atoms with Crippen LogP contribution in [0.25, 0.3) is 0 Å². The van der Waals surface area contributed by atoms with Gasteiger partial charge < -0.3 is 14.9 Å². The Morgan fingerprint density at radius 2 is 1.17 bits per heavy atom. The van der Waals surface area contributed by atoms with Gasteiger partial charge in [-0.25, -0.2) is 23.3 Å². The molecule has 0 aromatic rings. The van der Waals surface area contributed by atoms with Crippen molar-refractivity contribution in [2.45, 2.75) is 65.2 Å². The van der Waals surface area contributed by atoms with Gasteiger partial charge in [0, 0.05) is 0 Å². The van der Waals surface area contributed by atoms with E-state index in [1.54, 1.807) is 0 Å². The van der Waals surface area contributed by atoms with Gasteiger partial charge in [-0.3, -0.25) is 12.2 Å². The second-order valence-corrected chi connectivity index (χ2v) is 4.87. The molecule has 0 aromatic heterocycles. The molecular formula is C20H36Cl2SiTi-4. The van der Waals surface area contributed by atoms with Crippen LogP contribution in [0.3, 0.4) is 0 Å². The van der Waals surface area contributed by atoms with Crippen molar-refractivity contribution < 1.29 is 19.2 Å². The van der Waals surface area contributed by atoms with Crippen LogP contribution in [-0.4, -0.2) is 7.63 Å². The third-order valence-electron chi connectivity index (χ3n) is 3.18. The first-order chi connectivity index (χ1) is 9.86. The molecule has 2 aliphatic rings. The Morgan fingerprint density at radius 3 is 1.38 bits per heavy atom. The van der Waals surface area contributed by atoms with Crippen LogP contribution in [0.2, 0.25) is 0 Å². The molecule has 0 fully saturated rings. The average molecular weight is 423 g/mol. The summed E-state index contributed by atoms with van der Waals surface area (Å²) in [6.45, 7) is 4.45. The van der Waals surface area contributed by atoms with Gasteiger partial charge in [0.1, 0.15) is 0 Å². The van der Waals surface area contributed by atoms with E-state index in [2.05, 4.69) is 50.3 Å². The molecule has 4 heteroatoms. The fourth-order valence-electron chi connectivity index (χ4n) is 1.99. The standard InChI is InChI=1S/2C9H13.2CH3.2ClH.H2Si.Ti/c2*1-2-3-6-9-7-4-5-8-9;;;;;;/h2*7-8H,2-4,6H2,1H3;2*1H3;2*1H;1H2;/q4*-1;;;;. The maximum absolute atomic E-state index is 3.16. The molecule has 0 nitrogen and oxygen atoms in total. The van der Waals surface area contributed by atoms with Gasteiger partial charge in [-0.1, -0.05) is 52.4 Å². The van der Waals surface area contributed by atoms with Gasteiger partial charge >= 0.3 is 26.8 Å². The van der Waals surface area contributed by atoms with Crippen molar-refractivity contribution in [1.29, 1.82) is 0 Å². The Hall–Kier alpha value is 0.471. The molecule has 0 radical (unpaired) electrons. The van der Waals surface area contributed by atoms with Gasteiger partial charge in [0.15, 0.2) is 0 Å². The van der Waals surface area contributed by atoms with E-state index < -0.39 is 0 Å². The van der Waals surface area contributed by atoms with E-state index in [4.69, 9.17) is 0 Å². The summed E-state index contributed by atoms with van der Waals surface area (Å²) in [5, 5.41) is 0. The quantitative estimate of drug-likeness (QED) is 0.335.